The summed E-state index contributed by atoms with van der Waals surface area (Å²) in [5.41, 5.74) is 4.00. The molecule has 0 bridgehead atoms. The van der Waals surface area contributed by atoms with E-state index in [4.69, 9.17) is 10.5 Å². The van der Waals surface area contributed by atoms with Gasteiger partial charge < -0.3 is 31.3 Å². The van der Waals surface area contributed by atoms with Gasteiger partial charge in [0.1, 0.15) is 18.1 Å². The van der Waals surface area contributed by atoms with Gasteiger partial charge in [-0.05, 0) is 61.7 Å². The highest BCUT2D eigenvalue weighted by Gasteiger charge is 2.43. The number of amides is 5. The molecule has 1 saturated heterocycles. The van der Waals surface area contributed by atoms with Crippen LogP contribution in [0.25, 0.3) is 0 Å². The van der Waals surface area contributed by atoms with E-state index in [9.17, 15) is 28.8 Å². The standard InChI is InChI=1S/C27H45N5O7.C4H10/c1-15(19(33)21(28)34)29-22(35)18-9-8-12-32(18)23(36)20(27(5,6)7)31-25(38)30-17(13-26(2,3)4)24(37)39-14-16-10-11-16;1-4(2)3/h15-18,20H,8-14H2,1-7H3,(H2,28,34)(H,29,35)(H2,30,31,38);4H,1-3H3. The van der Waals surface area contributed by atoms with E-state index in [0.29, 0.717) is 31.8 Å². The van der Waals surface area contributed by atoms with Crippen molar-refractivity contribution in [3.05, 3.63) is 0 Å². The molecule has 0 aromatic rings. The topological polar surface area (TPSA) is 177 Å². The van der Waals surface area contributed by atoms with Crippen LogP contribution < -0.4 is 21.7 Å². The molecule has 0 spiro atoms. The van der Waals surface area contributed by atoms with Crippen LogP contribution in [0.15, 0.2) is 0 Å². The predicted octanol–water partition coefficient (Wildman–Crippen LogP) is 2.67. The van der Waals surface area contributed by atoms with E-state index in [2.05, 4.69) is 36.7 Å². The zero-order chi connectivity index (χ0) is 33.3. The zero-order valence-electron chi connectivity index (χ0n) is 27.8. The molecule has 1 heterocycles. The van der Waals surface area contributed by atoms with Gasteiger partial charge in [-0.15, -0.1) is 0 Å². The quantitative estimate of drug-likeness (QED) is 0.205. The summed E-state index contributed by atoms with van der Waals surface area (Å²) in [6.45, 7) is 19.7. The number of ether oxygens (including phenoxy) is 1. The maximum absolute atomic E-state index is 13.7. The van der Waals surface area contributed by atoms with Crippen LogP contribution >= 0.6 is 0 Å². The number of likely N-dealkylation sites (tertiary alicyclic amines) is 1. The molecule has 1 saturated carbocycles. The Labute approximate surface area is 257 Å². The highest BCUT2D eigenvalue weighted by atomic mass is 16.5. The van der Waals surface area contributed by atoms with Crippen molar-refractivity contribution in [2.45, 2.75) is 126 Å². The van der Waals surface area contributed by atoms with E-state index in [0.717, 1.165) is 18.8 Å². The third-order valence-electron chi connectivity index (χ3n) is 6.79. The largest absolute Gasteiger partial charge is 0.464 e. The molecule has 246 valence electrons. The van der Waals surface area contributed by atoms with Crippen LogP contribution in [0.2, 0.25) is 0 Å². The Hall–Kier alpha value is -3.18. The number of rotatable bonds is 11. The van der Waals surface area contributed by atoms with Gasteiger partial charge in [0.05, 0.1) is 12.6 Å². The number of carbonyl (C=O) groups excluding carboxylic acids is 6. The van der Waals surface area contributed by atoms with E-state index in [1.807, 2.05) is 20.8 Å². The average molecular weight is 610 g/mol. The summed E-state index contributed by atoms with van der Waals surface area (Å²) in [5, 5.41) is 7.87. The van der Waals surface area contributed by atoms with E-state index < -0.39 is 65.1 Å². The summed E-state index contributed by atoms with van der Waals surface area (Å²) in [5.74, 6) is -2.45. The maximum Gasteiger partial charge on any atom is 0.328 e. The molecule has 2 aliphatic rings. The molecule has 2 rings (SSSR count). The van der Waals surface area contributed by atoms with Gasteiger partial charge in [0, 0.05) is 6.54 Å². The van der Waals surface area contributed by atoms with E-state index >= 15 is 0 Å². The second-order valence-electron chi connectivity index (χ2n) is 14.7. The number of ketones is 1. The van der Waals surface area contributed by atoms with Crippen molar-refractivity contribution in [2.75, 3.05) is 13.2 Å². The molecule has 1 aliphatic carbocycles. The number of esters is 1. The summed E-state index contributed by atoms with van der Waals surface area (Å²) in [4.78, 5) is 76.8. The lowest BCUT2D eigenvalue weighted by atomic mass is 9.85. The minimum absolute atomic E-state index is 0.279. The van der Waals surface area contributed by atoms with Gasteiger partial charge >= 0.3 is 12.0 Å². The minimum atomic E-state index is -1.16. The van der Waals surface area contributed by atoms with Crippen LogP contribution in [0.4, 0.5) is 4.79 Å². The Morgan fingerprint density at radius 2 is 1.44 bits per heavy atom. The molecule has 4 atom stereocenters. The van der Waals surface area contributed by atoms with Crippen molar-refractivity contribution in [2.24, 2.45) is 28.4 Å². The molecule has 5 N–H and O–H groups in total. The fourth-order valence-corrected chi connectivity index (χ4v) is 4.43. The SMILES string of the molecule is CC(C)C.CC(NC(=O)C1CCCN1C(=O)C(NC(=O)NC(CC(C)(C)C)C(=O)OCC1CC1)C(C)(C)C)C(=O)C(N)=O. The van der Waals surface area contributed by atoms with Crippen molar-refractivity contribution in [1.29, 1.82) is 0 Å². The fourth-order valence-electron chi connectivity index (χ4n) is 4.43. The van der Waals surface area contributed by atoms with Crippen molar-refractivity contribution >= 4 is 35.5 Å². The number of nitrogens with one attached hydrogen (secondary N) is 3. The molecule has 12 nitrogen and oxygen atoms in total. The Morgan fingerprint density at radius 3 is 1.91 bits per heavy atom. The maximum atomic E-state index is 13.7. The third kappa shape index (κ3) is 13.8. The zero-order valence-corrected chi connectivity index (χ0v) is 27.8. The normalized spacial score (nSPS) is 18.9. The monoisotopic (exact) mass is 609 g/mol. The first-order valence-electron chi connectivity index (χ1n) is 15.3. The first kappa shape index (κ1) is 37.8. The molecular weight excluding hydrogens is 554 g/mol. The van der Waals surface area contributed by atoms with Crippen LogP contribution in [-0.2, 0) is 28.7 Å². The molecule has 0 aromatic carbocycles. The average Bonchev–Trinajstić information content (AvgIpc) is 3.55. The molecular formula is C31H55N5O7. The van der Waals surface area contributed by atoms with Gasteiger partial charge in [-0.25, -0.2) is 9.59 Å². The van der Waals surface area contributed by atoms with Crippen LogP contribution in [0.1, 0.15) is 101 Å². The molecule has 0 radical (unpaired) electrons. The molecule has 43 heavy (non-hydrogen) atoms. The van der Waals surface area contributed by atoms with Crippen molar-refractivity contribution in [3.63, 3.8) is 0 Å². The number of carbonyl (C=O) groups is 6. The number of nitrogens with zero attached hydrogens (tertiary/aromatic N) is 1. The number of primary amides is 1. The second kappa shape index (κ2) is 16.0. The van der Waals surface area contributed by atoms with Crippen LogP contribution in [0.3, 0.4) is 0 Å². The molecule has 4 unspecified atom stereocenters. The predicted molar refractivity (Wildman–Crippen MR) is 164 cm³/mol. The van der Waals surface area contributed by atoms with E-state index in [-0.39, 0.29) is 12.0 Å². The number of hydrogen-bond acceptors (Lipinski definition) is 7. The van der Waals surface area contributed by atoms with Crippen LogP contribution in [-0.4, -0.2) is 77.7 Å². The summed E-state index contributed by atoms with van der Waals surface area (Å²) in [6.07, 6.45) is 3.30. The second-order valence-corrected chi connectivity index (χ2v) is 14.7. The number of urea groups is 1. The van der Waals surface area contributed by atoms with E-state index in [1.165, 1.54) is 11.8 Å². The summed E-state index contributed by atoms with van der Waals surface area (Å²) in [6, 6.07) is -4.61. The number of Topliss-reactive ketones (excluding diaryl/α,β-unsaturated/α-hetero) is 1. The van der Waals surface area contributed by atoms with Gasteiger partial charge in [-0.3, -0.25) is 19.2 Å². The molecule has 2 fully saturated rings. The number of hydrogen-bond donors (Lipinski definition) is 4. The lowest BCUT2D eigenvalue weighted by molar-refractivity contribution is -0.147. The molecule has 1 aliphatic heterocycles. The third-order valence-corrected chi connectivity index (χ3v) is 6.79. The highest BCUT2D eigenvalue weighted by Crippen LogP contribution is 2.30. The summed E-state index contributed by atoms with van der Waals surface area (Å²) >= 11 is 0. The smallest absolute Gasteiger partial charge is 0.328 e. The van der Waals surface area contributed by atoms with Gasteiger partial charge in [-0.1, -0.05) is 62.3 Å². The Bertz CT molecular complexity index is 1010. The Morgan fingerprint density at radius 1 is 0.884 bits per heavy atom. The van der Waals surface area contributed by atoms with Gasteiger partial charge in [-0.2, -0.15) is 0 Å². The van der Waals surface area contributed by atoms with Crippen molar-refractivity contribution in [1.82, 2.24) is 20.9 Å². The molecule has 5 amide bonds. The lowest BCUT2D eigenvalue weighted by Crippen LogP contribution is -2.61. The first-order chi connectivity index (χ1) is 19.6. The summed E-state index contributed by atoms with van der Waals surface area (Å²) < 4.78 is 5.43. The molecule has 12 heteroatoms. The summed E-state index contributed by atoms with van der Waals surface area (Å²) in [7, 11) is 0. The van der Waals surface area contributed by atoms with E-state index in [1.54, 1.807) is 20.8 Å². The lowest BCUT2D eigenvalue weighted by Gasteiger charge is -2.36. The Kier molecular flexibility index (Phi) is 14.1. The van der Waals surface area contributed by atoms with Crippen molar-refractivity contribution < 1.29 is 33.5 Å². The van der Waals surface area contributed by atoms with Crippen LogP contribution in [0, 0.1) is 22.7 Å². The van der Waals surface area contributed by atoms with Crippen molar-refractivity contribution in [3.8, 4) is 0 Å². The van der Waals surface area contributed by atoms with Gasteiger partial charge in [0.15, 0.2) is 0 Å². The highest BCUT2D eigenvalue weighted by molar-refractivity contribution is 6.37. The molecule has 0 aromatic heterocycles. The first-order valence-corrected chi connectivity index (χ1v) is 15.3. The fraction of sp³-hybridized carbons (Fsp3) is 0.806. The van der Waals surface area contributed by atoms with Gasteiger partial charge in [0.25, 0.3) is 5.91 Å². The Balaban J connectivity index is 0.00000217. The minimum Gasteiger partial charge on any atom is -0.464 e. The van der Waals surface area contributed by atoms with Gasteiger partial charge in [0.2, 0.25) is 17.6 Å². The number of nitrogens with two attached hydrogens (primary N) is 1. The van der Waals surface area contributed by atoms with Crippen LogP contribution in [0.5, 0.6) is 0 Å².